The zero-order valence-corrected chi connectivity index (χ0v) is 9.76. The molecule has 0 amide bonds. The minimum Gasteiger partial charge on any atom is -0.395 e. The first-order chi connectivity index (χ1) is 8.22. The average molecular weight is 234 g/mol. The van der Waals surface area contributed by atoms with Crippen molar-refractivity contribution in [1.82, 2.24) is 4.98 Å². The van der Waals surface area contributed by atoms with Crippen molar-refractivity contribution in [3.05, 3.63) is 23.9 Å². The molecule has 5 nitrogen and oxygen atoms in total. The van der Waals surface area contributed by atoms with Crippen LogP contribution in [0.1, 0.15) is 25.0 Å². The number of anilines is 1. The molecule has 1 aromatic heterocycles. The fourth-order valence-corrected chi connectivity index (χ4v) is 2.02. The highest BCUT2D eigenvalue weighted by Crippen LogP contribution is 2.28. The van der Waals surface area contributed by atoms with Gasteiger partial charge in [-0.1, -0.05) is 6.07 Å². The van der Waals surface area contributed by atoms with Crippen molar-refractivity contribution in [2.24, 2.45) is 5.73 Å². The molecule has 1 aliphatic carbocycles. The third kappa shape index (κ3) is 2.55. The molecule has 1 saturated carbocycles. The Morgan fingerprint density at radius 3 is 2.82 bits per heavy atom. The van der Waals surface area contributed by atoms with E-state index in [0.717, 1.165) is 18.7 Å². The van der Waals surface area contributed by atoms with E-state index in [0.29, 0.717) is 18.3 Å². The minimum atomic E-state index is -0.0237. The van der Waals surface area contributed by atoms with E-state index in [-0.39, 0.29) is 12.4 Å². The largest absolute Gasteiger partial charge is 0.395 e. The maximum absolute atomic E-state index is 9.11. The maximum atomic E-state index is 9.11. The van der Waals surface area contributed by atoms with Crippen LogP contribution in [0.3, 0.4) is 0 Å². The number of aliphatic hydroxyl groups excluding tert-OH is 1. The van der Waals surface area contributed by atoms with Gasteiger partial charge >= 0.3 is 0 Å². The first-order valence-corrected chi connectivity index (χ1v) is 5.91. The lowest BCUT2D eigenvalue weighted by Crippen LogP contribution is -2.42. The summed E-state index contributed by atoms with van der Waals surface area (Å²) in [5, 5.41) is 16.5. The van der Waals surface area contributed by atoms with Gasteiger partial charge in [0, 0.05) is 12.6 Å². The summed E-state index contributed by atoms with van der Waals surface area (Å²) >= 11 is 0. The summed E-state index contributed by atoms with van der Waals surface area (Å²) in [4.78, 5) is 6.47. The molecule has 2 rings (SSSR count). The molecule has 0 spiro atoms. The highest BCUT2D eigenvalue weighted by atomic mass is 16.3. The van der Waals surface area contributed by atoms with Crippen molar-refractivity contribution >= 4 is 11.7 Å². The van der Waals surface area contributed by atoms with Crippen LogP contribution >= 0.6 is 0 Å². The molecular formula is C12H18N4O. The van der Waals surface area contributed by atoms with Gasteiger partial charge in [0.15, 0.2) is 0 Å². The Bertz CT molecular complexity index is 403. The quantitative estimate of drug-likeness (QED) is 0.517. The number of nitrogens with one attached hydrogen (secondary N) is 1. The van der Waals surface area contributed by atoms with Crippen LogP contribution in [0.4, 0.5) is 5.82 Å². The first kappa shape index (κ1) is 11.9. The lowest BCUT2D eigenvalue weighted by molar-refractivity contribution is 0.283. The summed E-state index contributed by atoms with van der Waals surface area (Å²) < 4.78 is 0. The van der Waals surface area contributed by atoms with Gasteiger partial charge in [-0.3, -0.25) is 5.41 Å². The fraction of sp³-hybridized carbons (Fsp3) is 0.500. The predicted molar refractivity (Wildman–Crippen MR) is 67.3 cm³/mol. The molecular weight excluding hydrogens is 216 g/mol. The van der Waals surface area contributed by atoms with Crippen LogP contribution < -0.4 is 10.6 Å². The Balaban J connectivity index is 2.22. The zero-order valence-electron chi connectivity index (χ0n) is 9.76. The van der Waals surface area contributed by atoms with Gasteiger partial charge in [0.2, 0.25) is 0 Å². The minimum absolute atomic E-state index is 0.0237. The normalized spacial score (nSPS) is 15.4. The van der Waals surface area contributed by atoms with Crippen LogP contribution in [0.25, 0.3) is 0 Å². The molecule has 1 aliphatic rings. The molecule has 4 N–H and O–H groups in total. The van der Waals surface area contributed by atoms with E-state index in [1.165, 1.54) is 6.42 Å². The van der Waals surface area contributed by atoms with E-state index in [1.54, 1.807) is 6.07 Å². The monoisotopic (exact) mass is 234 g/mol. The number of pyridine rings is 1. The summed E-state index contributed by atoms with van der Waals surface area (Å²) in [6.45, 7) is 0.696. The van der Waals surface area contributed by atoms with E-state index in [4.69, 9.17) is 16.2 Å². The van der Waals surface area contributed by atoms with Gasteiger partial charge in [0.25, 0.3) is 0 Å². The molecule has 92 valence electrons. The van der Waals surface area contributed by atoms with E-state index >= 15 is 0 Å². The Morgan fingerprint density at radius 1 is 1.53 bits per heavy atom. The molecule has 0 radical (unpaired) electrons. The number of nitrogens with two attached hydrogens (primary N) is 1. The Morgan fingerprint density at radius 2 is 2.29 bits per heavy atom. The predicted octanol–water partition coefficient (Wildman–Crippen LogP) is 0.717. The lowest BCUT2D eigenvalue weighted by Gasteiger charge is -2.38. The average Bonchev–Trinajstić information content (AvgIpc) is 2.26. The Kier molecular flexibility index (Phi) is 3.58. The van der Waals surface area contributed by atoms with Crippen molar-refractivity contribution < 1.29 is 5.11 Å². The summed E-state index contributed by atoms with van der Waals surface area (Å²) in [6, 6.07) is 5.95. The van der Waals surface area contributed by atoms with Gasteiger partial charge in [-0.05, 0) is 31.4 Å². The zero-order chi connectivity index (χ0) is 12.3. The summed E-state index contributed by atoms with van der Waals surface area (Å²) in [5.41, 5.74) is 5.92. The van der Waals surface area contributed by atoms with Crippen LogP contribution in [0, 0.1) is 5.41 Å². The number of nitrogen functional groups attached to an aromatic ring is 1. The van der Waals surface area contributed by atoms with Gasteiger partial charge in [-0.15, -0.1) is 0 Å². The molecule has 0 aromatic carbocycles. The number of aromatic nitrogens is 1. The number of hydrogen-bond acceptors (Lipinski definition) is 4. The van der Waals surface area contributed by atoms with Crippen molar-refractivity contribution in [2.45, 2.75) is 25.3 Å². The smallest absolute Gasteiger partial charge is 0.141 e. The Labute approximate surface area is 101 Å². The summed E-state index contributed by atoms with van der Waals surface area (Å²) in [6.07, 6.45) is 3.52. The molecule has 1 aromatic rings. The van der Waals surface area contributed by atoms with Crippen LogP contribution in [0.2, 0.25) is 0 Å². The molecule has 1 fully saturated rings. The molecule has 5 heteroatoms. The van der Waals surface area contributed by atoms with Crippen molar-refractivity contribution in [3.8, 4) is 0 Å². The topological polar surface area (TPSA) is 86.2 Å². The van der Waals surface area contributed by atoms with E-state index in [1.807, 2.05) is 12.1 Å². The van der Waals surface area contributed by atoms with Crippen molar-refractivity contribution in [2.75, 3.05) is 18.1 Å². The van der Waals surface area contributed by atoms with Crippen molar-refractivity contribution in [3.63, 3.8) is 0 Å². The van der Waals surface area contributed by atoms with E-state index in [9.17, 15) is 0 Å². The molecule has 17 heavy (non-hydrogen) atoms. The molecule has 0 unspecified atom stereocenters. The van der Waals surface area contributed by atoms with Crippen LogP contribution in [0.15, 0.2) is 18.2 Å². The molecule has 0 saturated heterocycles. The second-order valence-corrected chi connectivity index (χ2v) is 4.30. The van der Waals surface area contributed by atoms with Gasteiger partial charge in [-0.25, -0.2) is 4.98 Å². The second kappa shape index (κ2) is 5.14. The number of aliphatic hydroxyl groups is 1. The second-order valence-electron chi connectivity index (χ2n) is 4.30. The lowest BCUT2D eigenvalue weighted by atomic mass is 9.91. The van der Waals surface area contributed by atoms with Gasteiger partial charge < -0.3 is 15.7 Å². The Hall–Kier alpha value is -1.62. The van der Waals surface area contributed by atoms with E-state index in [2.05, 4.69) is 9.88 Å². The number of amidine groups is 1. The highest BCUT2D eigenvalue weighted by molar-refractivity contribution is 5.93. The number of rotatable bonds is 5. The van der Waals surface area contributed by atoms with Crippen LogP contribution in [-0.2, 0) is 0 Å². The first-order valence-electron chi connectivity index (χ1n) is 5.91. The molecule has 0 aliphatic heterocycles. The number of hydrogen-bond donors (Lipinski definition) is 3. The summed E-state index contributed by atoms with van der Waals surface area (Å²) in [5.74, 6) is 0.779. The fourth-order valence-electron chi connectivity index (χ4n) is 2.02. The van der Waals surface area contributed by atoms with Gasteiger partial charge in [0.1, 0.15) is 17.3 Å². The standard InChI is InChI=1S/C12H18N4O/c13-12(14)10-5-2-6-11(15-10)16(7-8-17)9-3-1-4-9/h2,5-6,9,17H,1,3-4,7-8H2,(H3,13,14). The molecule has 0 atom stereocenters. The van der Waals surface area contributed by atoms with Crippen LogP contribution in [-0.4, -0.2) is 35.1 Å². The van der Waals surface area contributed by atoms with Crippen LogP contribution in [0.5, 0.6) is 0 Å². The molecule has 0 bridgehead atoms. The number of nitrogens with zero attached hydrogens (tertiary/aromatic N) is 2. The van der Waals surface area contributed by atoms with E-state index < -0.39 is 0 Å². The maximum Gasteiger partial charge on any atom is 0.141 e. The third-order valence-electron chi connectivity index (χ3n) is 3.16. The van der Waals surface area contributed by atoms with Crippen molar-refractivity contribution in [1.29, 1.82) is 5.41 Å². The van der Waals surface area contributed by atoms with Gasteiger partial charge in [-0.2, -0.15) is 0 Å². The SMILES string of the molecule is N=C(N)c1cccc(N(CCO)C2CCC2)n1. The molecule has 1 heterocycles. The third-order valence-corrected chi connectivity index (χ3v) is 3.16. The highest BCUT2D eigenvalue weighted by Gasteiger charge is 2.25. The summed E-state index contributed by atoms with van der Waals surface area (Å²) in [7, 11) is 0. The van der Waals surface area contributed by atoms with Gasteiger partial charge in [0.05, 0.1) is 6.61 Å².